The third-order valence-corrected chi connectivity index (χ3v) is 5.52. The zero-order chi connectivity index (χ0) is 19.5. The van der Waals surface area contributed by atoms with Crippen LogP contribution in [0.15, 0.2) is 48.5 Å². The van der Waals surface area contributed by atoms with Crippen LogP contribution in [-0.2, 0) is 4.79 Å². The Labute approximate surface area is 163 Å². The van der Waals surface area contributed by atoms with Crippen molar-refractivity contribution in [2.75, 3.05) is 19.7 Å². The Morgan fingerprint density at radius 1 is 1.00 bits per heavy atom. The molecule has 1 unspecified atom stereocenters. The number of fused-ring (bicyclic) bond motifs is 1. The van der Waals surface area contributed by atoms with E-state index in [4.69, 9.17) is 4.74 Å². The van der Waals surface area contributed by atoms with Crippen LogP contribution in [0.4, 0.5) is 4.39 Å². The molecule has 0 aliphatic carbocycles. The van der Waals surface area contributed by atoms with Crippen molar-refractivity contribution in [2.24, 2.45) is 5.92 Å². The van der Waals surface area contributed by atoms with Crippen LogP contribution in [0.3, 0.4) is 0 Å². The molecule has 2 aliphatic heterocycles. The number of likely N-dealkylation sites (tertiary alicyclic amines) is 1. The summed E-state index contributed by atoms with van der Waals surface area (Å²) in [7, 11) is 0. The van der Waals surface area contributed by atoms with Gasteiger partial charge in [0, 0.05) is 36.6 Å². The number of para-hydroxylation sites is 1. The van der Waals surface area contributed by atoms with Crippen LogP contribution in [0.25, 0.3) is 0 Å². The summed E-state index contributed by atoms with van der Waals surface area (Å²) in [6.45, 7) is 1.64. The lowest BCUT2D eigenvalue weighted by Crippen LogP contribution is -2.44. The standard InChI is InChI=1S/C22H23FN2O3/c23-17-7-5-16(6-8-17)22(27)25-12-9-15(10-13-25)21(26)24-19-11-14-28-20-4-2-1-3-18(19)20/h1-8,15,19H,9-14H2,(H,24,26). The molecule has 2 amide bonds. The molecule has 146 valence electrons. The third-order valence-electron chi connectivity index (χ3n) is 5.52. The van der Waals surface area contributed by atoms with Crippen LogP contribution in [-0.4, -0.2) is 36.4 Å². The molecule has 0 spiro atoms. The minimum atomic E-state index is -0.360. The summed E-state index contributed by atoms with van der Waals surface area (Å²) in [5, 5.41) is 3.16. The Morgan fingerprint density at radius 2 is 1.71 bits per heavy atom. The van der Waals surface area contributed by atoms with Crippen molar-refractivity contribution in [2.45, 2.75) is 25.3 Å². The highest BCUT2D eigenvalue weighted by molar-refractivity contribution is 5.94. The summed E-state index contributed by atoms with van der Waals surface area (Å²) in [6.07, 6.45) is 2.01. The molecule has 6 heteroatoms. The molecule has 0 bridgehead atoms. The van der Waals surface area contributed by atoms with E-state index < -0.39 is 0 Å². The lowest BCUT2D eigenvalue weighted by Gasteiger charge is -2.33. The monoisotopic (exact) mass is 382 g/mol. The Morgan fingerprint density at radius 3 is 2.46 bits per heavy atom. The number of nitrogens with zero attached hydrogens (tertiary/aromatic N) is 1. The van der Waals surface area contributed by atoms with Crippen molar-refractivity contribution in [3.63, 3.8) is 0 Å². The number of halogens is 1. The molecule has 1 atom stereocenters. The molecule has 2 aliphatic rings. The predicted molar refractivity (Wildman–Crippen MR) is 102 cm³/mol. The van der Waals surface area contributed by atoms with Gasteiger partial charge in [-0.3, -0.25) is 9.59 Å². The quantitative estimate of drug-likeness (QED) is 0.886. The Hall–Kier alpha value is -2.89. The molecule has 2 aromatic rings. The van der Waals surface area contributed by atoms with Crippen LogP contribution in [0, 0.1) is 11.7 Å². The van der Waals surface area contributed by atoms with E-state index in [-0.39, 0.29) is 29.6 Å². The minimum absolute atomic E-state index is 0.0312. The molecule has 1 N–H and O–H groups in total. The van der Waals surface area contributed by atoms with Crippen molar-refractivity contribution in [1.29, 1.82) is 0 Å². The molecule has 4 rings (SSSR count). The largest absolute Gasteiger partial charge is 0.493 e. The van der Waals surface area contributed by atoms with Crippen LogP contribution >= 0.6 is 0 Å². The molecule has 1 fully saturated rings. The maximum atomic E-state index is 13.0. The molecule has 5 nitrogen and oxygen atoms in total. The van der Waals surface area contributed by atoms with Gasteiger partial charge in [0.15, 0.2) is 0 Å². The highest BCUT2D eigenvalue weighted by Gasteiger charge is 2.30. The van der Waals surface area contributed by atoms with E-state index >= 15 is 0 Å². The van der Waals surface area contributed by atoms with E-state index in [1.807, 2.05) is 24.3 Å². The van der Waals surface area contributed by atoms with Crippen LogP contribution in [0.2, 0.25) is 0 Å². The zero-order valence-corrected chi connectivity index (χ0v) is 15.6. The van der Waals surface area contributed by atoms with E-state index in [0.29, 0.717) is 38.1 Å². The average molecular weight is 382 g/mol. The highest BCUT2D eigenvalue weighted by atomic mass is 19.1. The zero-order valence-electron chi connectivity index (χ0n) is 15.6. The average Bonchev–Trinajstić information content (AvgIpc) is 2.74. The molecular weight excluding hydrogens is 359 g/mol. The number of carbonyl (C=O) groups is 2. The van der Waals surface area contributed by atoms with Gasteiger partial charge in [-0.1, -0.05) is 18.2 Å². The maximum absolute atomic E-state index is 13.0. The van der Waals surface area contributed by atoms with Gasteiger partial charge in [0.2, 0.25) is 5.91 Å². The normalized spacial score (nSPS) is 19.5. The fourth-order valence-corrected chi connectivity index (χ4v) is 3.90. The van der Waals surface area contributed by atoms with E-state index in [1.54, 1.807) is 4.90 Å². The number of hydrogen-bond acceptors (Lipinski definition) is 3. The molecule has 2 heterocycles. The summed E-state index contributed by atoms with van der Waals surface area (Å²) in [6, 6.07) is 13.3. The third kappa shape index (κ3) is 3.86. The molecule has 28 heavy (non-hydrogen) atoms. The van der Waals surface area contributed by atoms with Gasteiger partial charge >= 0.3 is 0 Å². The topological polar surface area (TPSA) is 58.6 Å². The number of ether oxygens (including phenoxy) is 1. The number of rotatable bonds is 3. The van der Waals surface area contributed by atoms with Crippen LogP contribution in [0.1, 0.15) is 41.2 Å². The van der Waals surface area contributed by atoms with Gasteiger partial charge in [-0.2, -0.15) is 0 Å². The highest BCUT2D eigenvalue weighted by Crippen LogP contribution is 2.32. The molecule has 2 aromatic carbocycles. The fraction of sp³-hybridized carbons (Fsp3) is 0.364. The predicted octanol–water partition coefficient (Wildman–Crippen LogP) is 3.32. The van der Waals surface area contributed by atoms with Gasteiger partial charge in [-0.15, -0.1) is 0 Å². The summed E-state index contributed by atoms with van der Waals surface area (Å²) in [5.41, 5.74) is 1.49. The maximum Gasteiger partial charge on any atom is 0.253 e. The smallest absolute Gasteiger partial charge is 0.253 e. The van der Waals surface area contributed by atoms with Crippen molar-refractivity contribution < 1.29 is 18.7 Å². The number of piperidine rings is 1. The number of amides is 2. The first-order chi connectivity index (χ1) is 13.6. The van der Waals surface area contributed by atoms with Gasteiger partial charge < -0.3 is 15.0 Å². The van der Waals surface area contributed by atoms with Gasteiger partial charge in [0.25, 0.3) is 5.91 Å². The summed E-state index contributed by atoms with van der Waals surface area (Å²) in [5.74, 6) is 0.292. The van der Waals surface area contributed by atoms with Crippen molar-refractivity contribution >= 4 is 11.8 Å². The van der Waals surface area contributed by atoms with Gasteiger partial charge in [-0.25, -0.2) is 4.39 Å². The molecule has 0 radical (unpaired) electrons. The van der Waals surface area contributed by atoms with Gasteiger partial charge in [0.05, 0.1) is 12.6 Å². The second-order valence-electron chi connectivity index (χ2n) is 7.31. The lowest BCUT2D eigenvalue weighted by molar-refractivity contribution is -0.127. The van der Waals surface area contributed by atoms with Gasteiger partial charge in [0.1, 0.15) is 11.6 Å². The van der Waals surface area contributed by atoms with Crippen molar-refractivity contribution in [3.8, 4) is 5.75 Å². The van der Waals surface area contributed by atoms with E-state index in [1.165, 1.54) is 24.3 Å². The first kappa shape index (κ1) is 18.5. The first-order valence-electron chi connectivity index (χ1n) is 9.69. The van der Waals surface area contributed by atoms with Crippen molar-refractivity contribution in [1.82, 2.24) is 10.2 Å². The first-order valence-corrected chi connectivity index (χ1v) is 9.69. The molecule has 0 saturated carbocycles. The Kier molecular flexibility index (Phi) is 5.28. The Balaban J connectivity index is 1.33. The second kappa shape index (κ2) is 8.00. The minimum Gasteiger partial charge on any atom is -0.493 e. The van der Waals surface area contributed by atoms with E-state index in [0.717, 1.165) is 17.7 Å². The molecule has 1 saturated heterocycles. The van der Waals surface area contributed by atoms with E-state index in [9.17, 15) is 14.0 Å². The number of nitrogens with one attached hydrogen (secondary N) is 1. The second-order valence-corrected chi connectivity index (χ2v) is 7.31. The number of benzene rings is 2. The van der Waals surface area contributed by atoms with E-state index in [2.05, 4.69) is 5.32 Å². The molecule has 0 aromatic heterocycles. The summed E-state index contributed by atoms with van der Waals surface area (Å²) in [4.78, 5) is 27.0. The number of carbonyl (C=O) groups excluding carboxylic acids is 2. The Bertz CT molecular complexity index is 860. The lowest BCUT2D eigenvalue weighted by atomic mass is 9.93. The van der Waals surface area contributed by atoms with Crippen LogP contribution in [0.5, 0.6) is 5.75 Å². The fourth-order valence-electron chi connectivity index (χ4n) is 3.90. The summed E-state index contributed by atoms with van der Waals surface area (Å²) < 4.78 is 18.7. The SMILES string of the molecule is O=C(NC1CCOc2ccccc21)C1CCN(C(=O)c2ccc(F)cc2)CC1. The summed E-state index contributed by atoms with van der Waals surface area (Å²) >= 11 is 0. The number of hydrogen-bond donors (Lipinski definition) is 1. The van der Waals surface area contributed by atoms with Crippen LogP contribution < -0.4 is 10.1 Å². The van der Waals surface area contributed by atoms with Gasteiger partial charge in [-0.05, 0) is 43.2 Å². The van der Waals surface area contributed by atoms with Crippen molar-refractivity contribution in [3.05, 3.63) is 65.5 Å². The molecular formula is C22H23FN2O3.